The van der Waals surface area contributed by atoms with Crippen LogP contribution in [0.3, 0.4) is 0 Å². The van der Waals surface area contributed by atoms with Crippen LogP contribution in [0.5, 0.6) is 5.75 Å². The zero-order chi connectivity index (χ0) is 22.3. The summed E-state index contributed by atoms with van der Waals surface area (Å²) in [5.41, 5.74) is 3.81. The zero-order valence-electron chi connectivity index (χ0n) is 17.1. The Labute approximate surface area is 177 Å². The minimum Gasteiger partial charge on any atom is -0.507 e. The van der Waals surface area contributed by atoms with Crippen molar-refractivity contribution in [1.29, 1.82) is 0 Å². The minimum atomic E-state index is -0.548. The van der Waals surface area contributed by atoms with Crippen molar-refractivity contribution in [1.82, 2.24) is 0 Å². The number of amides is 1. The molecule has 4 rings (SSSR count). The summed E-state index contributed by atoms with van der Waals surface area (Å²) < 4.78 is 5.73. The Morgan fingerprint density at radius 2 is 1.84 bits per heavy atom. The lowest BCUT2D eigenvalue weighted by atomic mass is 10.1. The zero-order valence-corrected chi connectivity index (χ0v) is 17.1. The fourth-order valence-corrected chi connectivity index (χ4v) is 3.27. The maximum Gasteiger partial charge on any atom is 0.280 e. The van der Waals surface area contributed by atoms with Gasteiger partial charge in [-0.2, -0.15) is 10.1 Å². The molecule has 0 saturated heterocycles. The predicted molar refractivity (Wildman–Crippen MR) is 117 cm³/mol. The molecular weight excluding hydrogens is 398 g/mol. The van der Waals surface area contributed by atoms with Crippen molar-refractivity contribution in [3.63, 3.8) is 0 Å². The fourth-order valence-electron chi connectivity index (χ4n) is 3.27. The first-order valence-corrected chi connectivity index (χ1v) is 9.51. The summed E-state index contributed by atoms with van der Waals surface area (Å²) in [5.74, 6) is 0.187. The number of nitro benzene ring substituents is 1. The van der Waals surface area contributed by atoms with Crippen molar-refractivity contribution < 1.29 is 19.2 Å². The van der Waals surface area contributed by atoms with Crippen LogP contribution >= 0.6 is 0 Å². The van der Waals surface area contributed by atoms with Gasteiger partial charge in [0.15, 0.2) is 0 Å². The molecule has 2 aromatic carbocycles. The summed E-state index contributed by atoms with van der Waals surface area (Å²) in [6.45, 7) is 5.71. The molecule has 31 heavy (non-hydrogen) atoms. The number of phenolic OH excluding ortho intramolecular Hbond substituents is 1. The maximum absolute atomic E-state index is 13.0. The molecule has 1 aliphatic heterocycles. The van der Waals surface area contributed by atoms with E-state index in [-0.39, 0.29) is 28.7 Å². The van der Waals surface area contributed by atoms with Crippen LogP contribution in [-0.4, -0.2) is 21.6 Å². The lowest BCUT2D eigenvalue weighted by molar-refractivity contribution is -0.384. The summed E-state index contributed by atoms with van der Waals surface area (Å²) in [7, 11) is 0. The SMILES string of the molecule is CC1=NN(c2ccc(C)c(C)c2)C(=O)C1=Cc1ccc(-c2cc([N+](=O)[O-])ccc2O)o1. The summed E-state index contributed by atoms with van der Waals surface area (Å²) in [6.07, 6.45) is 1.57. The average molecular weight is 417 g/mol. The molecule has 1 N–H and O–H groups in total. The first-order chi connectivity index (χ1) is 14.7. The highest BCUT2D eigenvalue weighted by Gasteiger charge is 2.29. The van der Waals surface area contributed by atoms with Crippen LogP contribution < -0.4 is 5.01 Å². The van der Waals surface area contributed by atoms with Crippen LogP contribution in [0.15, 0.2) is 63.6 Å². The molecule has 1 aromatic heterocycles. The van der Waals surface area contributed by atoms with Gasteiger partial charge in [-0.1, -0.05) is 6.07 Å². The van der Waals surface area contributed by atoms with Crippen molar-refractivity contribution in [3.8, 4) is 17.1 Å². The number of rotatable bonds is 4. The van der Waals surface area contributed by atoms with Gasteiger partial charge >= 0.3 is 0 Å². The molecule has 156 valence electrons. The molecule has 8 nitrogen and oxygen atoms in total. The highest BCUT2D eigenvalue weighted by Crippen LogP contribution is 2.34. The normalized spacial score (nSPS) is 14.9. The number of aryl methyl sites for hydroxylation is 2. The Bertz CT molecular complexity index is 1290. The highest BCUT2D eigenvalue weighted by atomic mass is 16.6. The molecule has 0 bridgehead atoms. The van der Waals surface area contributed by atoms with Gasteiger partial charge in [-0.3, -0.25) is 14.9 Å². The number of hydrogen-bond acceptors (Lipinski definition) is 6. The van der Waals surface area contributed by atoms with Crippen molar-refractivity contribution in [2.24, 2.45) is 5.10 Å². The third-order valence-electron chi connectivity index (χ3n) is 5.17. The molecule has 0 atom stereocenters. The lowest BCUT2D eigenvalue weighted by Gasteiger charge is -2.13. The number of carbonyl (C=O) groups is 1. The van der Waals surface area contributed by atoms with Crippen molar-refractivity contribution in [2.75, 3.05) is 5.01 Å². The van der Waals surface area contributed by atoms with Crippen LogP contribution in [-0.2, 0) is 4.79 Å². The topological polar surface area (TPSA) is 109 Å². The van der Waals surface area contributed by atoms with Crippen LogP contribution in [0.25, 0.3) is 17.4 Å². The summed E-state index contributed by atoms with van der Waals surface area (Å²) in [6, 6.07) is 12.6. The van der Waals surface area contributed by atoms with Crippen molar-refractivity contribution in [2.45, 2.75) is 20.8 Å². The number of non-ortho nitro benzene ring substituents is 1. The Kier molecular flexibility index (Phi) is 4.90. The number of benzene rings is 2. The number of aromatic hydroxyl groups is 1. The molecule has 0 aliphatic carbocycles. The van der Waals surface area contributed by atoms with Crippen LogP contribution in [0.1, 0.15) is 23.8 Å². The van der Waals surface area contributed by atoms with E-state index >= 15 is 0 Å². The summed E-state index contributed by atoms with van der Waals surface area (Å²) in [5, 5.41) is 26.8. The lowest BCUT2D eigenvalue weighted by Crippen LogP contribution is -2.21. The quantitative estimate of drug-likeness (QED) is 0.366. The fraction of sp³-hybridized carbons (Fsp3) is 0.130. The van der Waals surface area contributed by atoms with Gasteiger partial charge in [0, 0.05) is 12.1 Å². The molecule has 1 aliphatic rings. The minimum absolute atomic E-state index is 0.144. The second kappa shape index (κ2) is 7.56. The van der Waals surface area contributed by atoms with E-state index in [4.69, 9.17) is 4.42 Å². The van der Waals surface area contributed by atoms with Crippen LogP contribution in [0, 0.1) is 24.0 Å². The second-order valence-electron chi connectivity index (χ2n) is 7.29. The number of hydrogen-bond donors (Lipinski definition) is 1. The number of nitrogens with zero attached hydrogens (tertiary/aromatic N) is 3. The van der Waals surface area contributed by atoms with Gasteiger partial charge in [0.05, 0.1) is 27.5 Å². The second-order valence-corrected chi connectivity index (χ2v) is 7.29. The number of nitro groups is 1. The van der Waals surface area contributed by atoms with E-state index in [1.165, 1.54) is 23.2 Å². The van der Waals surface area contributed by atoms with E-state index in [9.17, 15) is 20.0 Å². The van der Waals surface area contributed by atoms with Crippen LogP contribution in [0.4, 0.5) is 11.4 Å². The van der Waals surface area contributed by atoms with E-state index in [1.807, 2.05) is 32.0 Å². The monoisotopic (exact) mass is 417 g/mol. The average Bonchev–Trinajstić information content (AvgIpc) is 3.30. The molecule has 3 aromatic rings. The number of carbonyl (C=O) groups excluding carboxylic acids is 1. The van der Waals surface area contributed by atoms with E-state index in [1.54, 1.807) is 25.1 Å². The first kappa shape index (κ1) is 20.1. The maximum atomic E-state index is 13.0. The molecule has 1 amide bonds. The molecule has 8 heteroatoms. The van der Waals surface area contributed by atoms with E-state index < -0.39 is 4.92 Å². The predicted octanol–water partition coefficient (Wildman–Crippen LogP) is 4.98. The molecule has 0 spiro atoms. The smallest absolute Gasteiger partial charge is 0.280 e. The molecular formula is C23H19N3O5. The van der Waals surface area contributed by atoms with Gasteiger partial charge in [0.2, 0.25) is 0 Å². The Morgan fingerprint density at radius 1 is 1.06 bits per heavy atom. The van der Waals surface area contributed by atoms with Gasteiger partial charge < -0.3 is 9.52 Å². The number of anilines is 1. The third-order valence-corrected chi connectivity index (χ3v) is 5.17. The summed E-state index contributed by atoms with van der Waals surface area (Å²) in [4.78, 5) is 23.4. The van der Waals surface area contributed by atoms with Gasteiger partial charge in [0.25, 0.3) is 11.6 Å². The van der Waals surface area contributed by atoms with Gasteiger partial charge in [-0.25, -0.2) is 0 Å². The molecule has 0 fully saturated rings. The molecule has 0 radical (unpaired) electrons. The van der Waals surface area contributed by atoms with E-state index in [0.717, 1.165) is 11.1 Å². The van der Waals surface area contributed by atoms with Crippen molar-refractivity contribution >= 4 is 29.1 Å². The molecule has 0 unspecified atom stereocenters. The van der Waals surface area contributed by atoms with E-state index in [0.29, 0.717) is 22.7 Å². The van der Waals surface area contributed by atoms with Crippen LogP contribution in [0.2, 0.25) is 0 Å². The van der Waals surface area contributed by atoms with Gasteiger partial charge in [-0.15, -0.1) is 0 Å². The number of phenols is 1. The first-order valence-electron chi connectivity index (χ1n) is 9.51. The number of furan rings is 1. The molecule has 2 heterocycles. The standard InChI is InChI=1S/C23H19N3O5/c1-13-4-5-16(10-14(13)2)25-23(28)19(15(3)24-25)12-18-7-9-22(31-18)20-11-17(26(29)30)6-8-21(20)27/h4-12,27H,1-3H3. The van der Waals surface area contributed by atoms with Crippen molar-refractivity contribution in [3.05, 3.63) is 81.1 Å². The summed E-state index contributed by atoms with van der Waals surface area (Å²) >= 11 is 0. The van der Waals surface area contributed by atoms with Gasteiger partial charge in [-0.05, 0) is 68.3 Å². The van der Waals surface area contributed by atoms with E-state index in [2.05, 4.69) is 5.10 Å². The Balaban J connectivity index is 1.65. The van der Waals surface area contributed by atoms with Gasteiger partial charge in [0.1, 0.15) is 17.3 Å². The Hall–Kier alpha value is -4.20. The Morgan fingerprint density at radius 3 is 2.55 bits per heavy atom. The molecule has 0 saturated carbocycles. The largest absolute Gasteiger partial charge is 0.507 e. The number of hydrazone groups is 1. The third kappa shape index (κ3) is 3.71. The highest BCUT2D eigenvalue weighted by molar-refractivity contribution is 6.32.